The molecule has 17 heavy (non-hydrogen) atoms. The van der Waals surface area contributed by atoms with Crippen molar-refractivity contribution in [3.05, 3.63) is 34.9 Å². The summed E-state index contributed by atoms with van der Waals surface area (Å²) in [4.78, 5) is 21.7. The molecule has 0 aliphatic heterocycles. The minimum absolute atomic E-state index is 0.0542. The predicted octanol–water partition coefficient (Wildman–Crippen LogP) is 1.50. The summed E-state index contributed by atoms with van der Waals surface area (Å²) in [6.45, 7) is 3.39. The first-order valence-electron chi connectivity index (χ1n) is 5.47. The zero-order valence-electron chi connectivity index (χ0n) is 9.93. The van der Waals surface area contributed by atoms with Gasteiger partial charge in [-0.25, -0.2) is 4.79 Å². The molecule has 0 saturated heterocycles. The second-order valence-corrected chi connectivity index (χ2v) is 4.01. The van der Waals surface area contributed by atoms with Crippen molar-refractivity contribution in [1.82, 2.24) is 0 Å². The number of carbonyl (C=O) groups excluding carboxylic acids is 1. The monoisotopic (exact) mass is 236 g/mol. The normalized spacial score (nSPS) is 12.2. The third-order valence-corrected chi connectivity index (χ3v) is 2.57. The fourth-order valence-corrected chi connectivity index (χ4v) is 1.76. The van der Waals surface area contributed by atoms with E-state index in [4.69, 9.17) is 5.11 Å². The Morgan fingerprint density at radius 3 is 2.47 bits per heavy atom. The Labute approximate surface area is 99.9 Å². The van der Waals surface area contributed by atoms with E-state index in [9.17, 15) is 14.7 Å². The van der Waals surface area contributed by atoms with Gasteiger partial charge in [-0.1, -0.05) is 25.1 Å². The summed E-state index contributed by atoms with van der Waals surface area (Å²) in [5.74, 6) is -1.21. The lowest BCUT2D eigenvalue weighted by Crippen LogP contribution is -2.13. The molecule has 1 aromatic rings. The third-order valence-electron chi connectivity index (χ3n) is 2.57. The first-order valence-corrected chi connectivity index (χ1v) is 5.47. The van der Waals surface area contributed by atoms with Crippen LogP contribution in [0.2, 0.25) is 0 Å². The predicted molar refractivity (Wildman–Crippen MR) is 62.8 cm³/mol. The van der Waals surface area contributed by atoms with Crippen molar-refractivity contribution in [2.45, 2.75) is 32.8 Å². The van der Waals surface area contributed by atoms with Gasteiger partial charge in [0.05, 0.1) is 0 Å². The summed E-state index contributed by atoms with van der Waals surface area (Å²) < 4.78 is 0. The highest BCUT2D eigenvalue weighted by Crippen LogP contribution is 2.21. The van der Waals surface area contributed by atoms with Gasteiger partial charge in [0.15, 0.2) is 6.10 Å². The number of hydrogen-bond donors (Lipinski definition) is 2. The van der Waals surface area contributed by atoms with E-state index in [1.165, 1.54) is 6.92 Å². The van der Waals surface area contributed by atoms with Crippen LogP contribution in [0.15, 0.2) is 18.2 Å². The Kier molecular flexibility index (Phi) is 4.40. The number of carboxylic acid groups (broad SMARTS) is 1. The summed E-state index contributed by atoms with van der Waals surface area (Å²) in [7, 11) is 0. The largest absolute Gasteiger partial charge is 0.479 e. The summed E-state index contributed by atoms with van der Waals surface area (Å²) in [5.41, 5.74) is 2.00. The van der Waals surface area contributed by atoms with Crippen LogP contribution in [0.1, 0.15) is 36.6 Å². The van der Waals surface area contributed by atoms with Gasteiger partial charge in [-0.05, 0) is 30.0 Å². The molecule has 92 valence electrons. The number of aliphatic carboxylic acids is 1. The Bertz CT molecular complexity index is 437. The van der Waals surface area contributed by atoms with Crippen LogP contribution in [0.5, 0.6) is 0 Å². The van der Waals surface area contributed by atoms with Gasteiger partial charge in [0, 0.05) is 6.42 Å². The minimum atomic E-state index is -1.50. The molecule has 1 aromatic carbocycles. The van der Waals surface area contributed by atoms with Crippen LogP contribution < -0.4 is 0 Å². The van der Waals surface area contributed by atoms with Crippen molar-refractivity contribution < 1.29 is 19.8 Å². The van der Waals surface area contributed by atoms with Gasteiger partial charge in [-0.2, -0.15) is 0 Å². The highest BCUT2D eigenvalue weighted by molar-refractivity contribution is 5.78. The molecule has 0 fully saturated rings. The van der Waals surface area contributed by atoms with Crippen molar-refractivity contribution in [2.24, 2.45) is 0 Å². The molecule has 0 heterocycles. The first kappa shape index (κ1) is 13.4. The van der Waals surface area contributed by atoms with E-state index in [1.54, 1.807) is 18.2 Å². The molecule has 2 N–H and O–H groups in total. The Morgan fingerprint density at radius 2 is 2.00 bits per heavy atom. The van der Waals surface area contributed by atoms with Crippen molar-refractivity contribution in [3.8, 4) is 0 Å². The van der Waals surface area contributed by atoms with Gasteiger partial charge in [-0.15, -0.1) is 0 Å². The van der Waals surface area contributed by atoms with E-state index in [2.05, 4.69) is 0 Å². The van der Waals surface area contributed by atoms with Crippen LogP contribution in [0, 0.1) is 0 Å². The number of ketones is 1. The molecule has 0 aromatic heterocycles. The van der Waals surface area contributed by atoms with Gasteiger partial charge in [0.2, 0.25) is 0 Å². The first-order chi connectivity index (χ1) is 7.95. The van der Waals surface area contributed by atoms with Crippen LogP contribution in [0.3, 0.4) is 0 Å². The molecular weight excluding hydrogens is 220 g/mol. The summed E-state index contributed by atoms with van der Waals surface area (Å²) in [6.07, 6.45) is -0.557. The summed E-state index contributed by atoms with van der Waals surface area (Å²) in [5, 5.41) is 18.3. The summed E-state index contributed by atoms with van der Waals surface area (Å²) in [6, 6.07) is 5.04. The van der Waals surface area contributed by atoms with E-state index in [0.29, 0.717) is 18.4 Å². The average molecular weight is 236 g/mol. The highest BCUT2D eigenvalue weighted by atomic mass is 16.4. The van der Waals surface area contributed by atoms with E-state index < -0.39 is 12.1 Å². The second-order valence-electron chi connectivity index (χ2n) is 4.01. The van der Waals surface area contributed by atoms with Crippen molar-refractivity contribution in [2.75, 3.05) is 0 Å². The number of aryl methyl sites for hydroxylation is 1. The SMILES string of the molecule is CCc1cc(CC(C)=O)ccc1C(O)C(=O)O. The van der Waals surface area contributed by atoms with E-state index in [0.717, 1.165) is 11.1 Å². The number of hydrogen-bond acceptors (Lipinski definition) is 3. The molecule has 4 heteroatoms. The molecule has 0 amide bonds. The van der Waals surface area contributed by atoms with E-state index in [-0.39, 0.29) is 5.78 Å². The van der Waals surface area contributed by atoms with Crippen LogP contribution in [-0.2, 0) is 22.4 Å². The molecule has 1 rings (SSSR count). The highest BCUT2D eigenvalue weighted by Gasteiger charge is 2.19. The maximum atomic E-state index is 11.0. The topological polar surface area (TPSA) is 74.6 Å². The fraction of sp³-hybridized carbons (Fsp3) is 0.385. The smallest absolute Gasteiger partial charge is 0.337 e. The molecule has 0 saturated carbocycles. The zero-order valence-corrected chi connectivity index (χ0v) is 9.93. The number of Topliss-reactive ketones (excluding diaryl/α,β-unsaturated/α-hetero) is 1. The molecular formula is C13H16O4. The summed E-state index contributed by atoms with van der Waals surface area (Å²) >= 11 is 0. The van der Waals surface area contributed by atoms with Gasteiger partial charge in [0.1, 0.15) is 5.78 Å². The molecule has 0 bridgehead atoms. The molecule has 0 radical (unpaired) electrons. The van der Waals surface area contributed by atoms with Gasteiger partial charge >= 0.3 is 5.97 Å². The minimum Gasteiger partial charge on any atom is -0.479 e. The molecule has 0 spiro atoms. The van der Waals surface area contributed by atoms with Gasteiger partial charge in [-0.3, -0.25) is 4.79 Å². The average Bonchev–Trinajstić information content (AvgIpc) is 2.27. The maximum Gasteiger partial charge on any atom is 0.337 e. The van der Waals surface area contributed by atoms with Crippen LogP contribution in [-0.4, -0.2) is 22.0 Å². The number of aliphatic hydroxyl groups excluding tert-OH is 1. The molecule has 0 aliphatic carbocycles. The van der Waals surface area contributed by atoms with E-state index >= 15 is 0 Å². The fourth-order valence-electron chi connectivity index (χ4n) is 1.76. The standard InChI is InChI=1S/C13H16O4/c1-3-10-7-9(6-8(2)14)4-5-11(10)12(15)13(16)17/h4-5,7,12,15H,3,6H2,1-2H3,(H,16,17). The van der Waals surface area contributed by atoms with Crippen molar-refractivity contribution in [3.63, 3.8) is 0 Å². The molecule has 4 nitrogen and oxygen atoms in total. The third kappa shape index (κ3) is 3.39. The zero-order chi connectivity index (χ0) is 13.0. The Balaban J connectivity index is 3.09. The number of carbonyl (C=O) groups is 2. The lowest BCUT2D eigenvalue weighted by molar-refractivity contribution is -0.147. The number of rotatable bonds is 5. The number of aliphatic hydroxyl groups is 1. The van der Waals surface area contributed by atoms with Gasteiger partial charge in [0.25, 0.3) is 0 Å². The van der Waals surface area contributed by atoms with Crippen molar-refractivity contribution in [1.29, 1.82) is 0 Å². The van der Waals surface area contributed by atoms with E-state index in [1.807, 2.05) is 6.92 Å². The quantitative estimate of drug-likeness (QED) is 0.812. The molecule has 1 unspecified atom stereocenters. The number of benzene rings is 1. The van der Waals surface area contributed by atoms with Gasteiger partial charge < -0.3 is 10.2 Å². The molecule has 0 aliphatic rings. The Hall–Kier alpha value is -1.68. The maximum absolute atomic E-state index is 11.0. The lowest BCUT2D eigenvalue weighted by Gasteiger charge is -2.12. The lowest BCUT2D eigenvalue weighted by atomic mass is 9.96. The van der Waals surface area contributed by atoms with Crippen LogP contribution in [0.4, 0.5) is 0 Å². The number of carboxylic acids is 1. The second kappa shape index (κ2) is 5.59. The van der Waals surface area contributed by atoms with Crippen LogP contribution >= 0.6 is 0 Å². The van der Waals surface area contributed by atoms with Crippen molar-refractivity contribution >= 4 is 11.8 Å². The van der Waals surface area contributed by atoms with Crippen LogP contribution in [0.25, 0.3) is 0 Å². The Morgan fingerprint density at radius 1 is 1.35 bits per heavy atom. The molecule has 1 atom stereocenters.